The number of aromatic amines is 1. The van der Waals surface area contributed by atoms with Crippen LogP contribution in [0.4, 0.5) is 0 Å². The van der Waals surface area contributed by atoms with Crippen LogP contribution in [0.3, 0.4) is 0 Å². The molecule has 2 aromatic rings. The summed E-state index contributed by atoms with van der Waals surface area (Å²) in [6.45, 7) is 7.40. The first kappa shape index (κ1) is 22.8. The highest BCUT2D eigenvalue weighted by molar-refractivity contribution is 6.01. The van der Waals surface area contributed by atoms with Crippen molar-refractivity contribution in [2.75, 3.05) is 7.05 Å². The van der Waals surface area contributed by atoms with Crippen molar-refractivity contribution in [2.45, 2.75) is 72.3 Å². The summed E-state index contributed by atoms with van der Waals surface area (Å²) in [6, 6.07) is 7.84. The van der Waals surface area contributed by atoms with E-state index in [1.165, 1.54) is 43.4 Å². The zero-order valence-corrected chi connectivity index (χ0v) is 21.5. The fourth-order valence-corrected chi connectivity index (χ4v) is 8.83. The molecule has 1 aliphatic heterocycles. The Morgan fingerprint density at radius 2 is 2.00 bits per heavy atom. The van der Waals surface area contributed by atoms with Crippen LogP contribution in [0.5, 0.6) is 0 Å². The number of H-pyrrole nitrogens is 1. The molecule has 0 bridgehead atoms. The van der Waals surface area contributed by atoms with E-state index in [1.54, 1.807) is 0 Å². The Labute approximate surface area is 207 Å². The number of hydrogen-bond donors (Lipinski definition) is 2. The molecule has 6 atom stereocenters. The lowest BCUT2D eigenvalue weighted by Crippen LogP contribution is -2.58. The summed E-state index contributed by atoms with van der Waals surface area (Å²) < 4.78 is 0. The van der Waals surface area contributed by atoms with Crippen molar-refractivity contribution >= 4 is 22.8 Å². The van der Waals surface area contributed by atoms with Crippen LogP contribution in [0.25, 0.3) is 11.0 Å². The molecule has 2 N–H and O–H groups in total. The highest BCUT2D eigenvalue weighted by atomic mass is 16.2. The van der Waals surface area contributed by atoms with Gasteiger partial charge in [0.15, 0.2) is 0 Å². The predicted octanol–water partition coefficient (Wildman–Crippen LogP) is 5.17. The van der Waals surface area contributed by atoms with Crippen LogP contribution in [0, 0.1) is 34.5 Å². The predicted molar refractivity (Wildman–Crippen MR) is 136 cm³/mol. The van der Waals surface area contributed by atoms with Crippen LogP contribution in [-0.2, 0) is 16.1 Å². The number of fused-ring (bicyclic) bond motifs is 6. The zero-order valence-electron chi connectivity index (χ0n) is 21.5. The molecule has 2 saturated carbocycles. The first-order chi connectivity index (χ1) is 16.7. The number of carbonyl (C=O) groups is 2. The summed E-state index contributed by atoms with van der Waals surface area (Å²) in [4.78, 5) is 36.6. The summed E-state index contributed by atoms with van der Waals surface area (Å²) in [5.74, 6) is 1.80. The highest BCUT2D eigenvalue weighted by Crippen LogP contribution is 2.65. The first-order valence-electron chi connectivity index (χ1n) is 13.4. The molecule has 1 aromatic heterocycles. The molecule has 0 spiro atoms. The van der Waals surface area contributed by atoms with Gasteiger partial charge in [0.2, 0.25) is 11.8 Å². The monoisotopic (exact) mass is 474 g/mol. The average molecular weight is 475 g/mol. The lowest BCUT2D eigenvalue weighted by molar-refractivity contribution is -0.149. The van der Waals surface area contributed by atoms with E-state index in [4.69, 9.17) is 0 Å². The van der Waals surface area contributed by atoms with Crippen molar-refractivity contribution < 1.29 is 9.59 Å². The molecule has 3 aliphatic carbocycles. The Morgan fingerprint density at radius 3 is 2.80 bits per heavy atom. The molecule has 1 unspecified atom stereocenters. The topological polar surface area (TPSA) is 78.1 Å². The summed E-state index contributed by atoms with van der Waals surface area (Å²) >= 11 is 0. The fourth-order valence-electron chi connectivity index (χ4n) is 8.83. The van der Waals surface area contributed by atoms with Gasteiger partial charge in [-0.15, -0.1) is 0 Å². The van der Waals surface area contributed by atoms with E-state index in [0.717, 1.165) is 23.4 Å². The van der Waals surface area contributed by atoms with Crippen molar-refractivity contribution in [3.05, 3.63) is 41.4 Å². The Balaban J connectivity index is 1.26. The molecule has 3 fully saturated rings. The summed E-state index contributed by atoms with van der Waals surface area (Å²) in [5, 5.41) is 3.02. The van der Waals surface area contributed by atoms with Gasteiger partial charge in [-0.2, -0.15) is 0 Å². The van der Waals surface area contributed by atoms with Crippen molar-refractivity contribution in [1.82, 2.24) is 20.2 Å². The van der Waals surface area contributed by atoms with E-state index in [2.05, 4.69) is 36.1 Å². The van der Waals surface area contributed by atoms with Crippen molar-refractivity contribution in [3.63, 3.8) is 0 Å². The first-order valence-corrected chi connectivity index (χ1v) is 13.4. The van der Waals surface area contributed by atoms with Crippen LogP contribution < -0.4 is 5.32 Å². The lowest BCUT2D eigenvalue weighted by Gasteiger charge is -2.59. The molecule has 4 aliphatic rings. The number of benzene rings is 1. The molecule has 6 rings (SSSR count). The maximum Gasteiger partial charge on any atom is 0.239 e. The number of piperidine rings is 1. The second-order valence-electron chi connectivity index (χ2n) is 12.3. The minimum Gasteiger partial charge on any atom is -0.348 e. The van der Waals surface area contributed by atoms with E-state index < -0.39 is 5.92 Å². The molecule has 186 valence electrons. The van der Waals surface area contributed by atoms with Gasteiger partial charge < -0.3 is 15.2 Å². The highest BCUT2D eigenvalue weighted by Gasteiger charge is 2.60. The van der Waals surface area contributed by atoms with E-state index in [0.29, 0.717) is 36.0 Å². The minimum absolute atomic E-state index is 0.0705. The van der Waals surface area contributed by atoms with Crippen molar-refractivity contribution in [1.29, 1.82) is 0 Å². The standard InChI is InChI=1S/C29H38N4O2/c1-17-14-18-20-8-7-12-28(20,2)13-11-21(18)29(3)15-19(27(35)33(4)25(17)29)26(34)30-16-24-31-22-9-5-6-10-23(22)32-24/h5-6,9-10,18-21H,7-8,11-16H2,1-4H3,(H,30,34)(H,31,32)/t18-,19?,20-,21+,28-,29+/m0/s1. The molecular formula is C29H38N4O2. The second-order valence-corrected chi connectivity index (χ2v) is 12.3. The second kappa shape index (κ2) is 7.94. The van der Waals surface area contributed by atoms with E-state index in [1.807, 2.05) is 36.2 Å². The quantitative estimate of drug-likeness (QED) is 0.602. The molecule has 2 amide bonds. The van der Waals surface area contributed by atoms with E-state index in [-0.39, 0.29) is 17.2 Å². The number of amides is 2. The molecule has 1 saturated heterocycles. The van der Waals surface area contributed by atoms with Crippen LogP contribution in [0.15, 0.2) is 35.5 Å². The normalized spacial score (nSPS) is 36.7. The molecule has 2 heterocycles. The minimum atomic E-state index is -0.651. The molecule has 6 heteroatoms. The number of likely N-dealkylation sites (tertiary alicyclic amines) is 1. The largest absolute Gasteiger partial charge is 0.348 e. The number of allylic oxidation sites excluding steroid dienone is 2. The number of nitrogens with one attached hydrogen (secondary N) is 2. The summed E-state index contributed by atoms with van der Waals surface area (Å²) in [5.41, 5.74) is 4.74. The lowest BCUT2D eigenvalue weighted by atomic mass is 9.48. The van der Waals surface area contributed by atoms with Gasteiger partial charge in [-0.1, -0.05) is 38.0 Å². The van der Waals surface area contributed by atoms with E-state index in [9.17, 15) is 9.59 Å². The number of hydrogen-bond acceptors (Lipinski definition) is 3. The van der Waals surface area contributed by atoms with Crippen LogP contribution in [-0.4, -0.2) is 33.7 Å². The summed E-state index contributed by atoms with van der Waals surface area (Å²) in [6.07, 6.45) is 8.25. The number of para-hydroxylation sites is 2. The van der Waals surface area contributed by atoms with Gasteiger partial charge >= 0.3 is 0 Å². The number of imidazole rings is 1. The number of aromatic nitrogens is 2. The Bertz CT molecular complexity index is 1200. The third-order valence-corrected chi connectivity index (χ3v) is 10.3. The van der Waals surface area contributed by atoms with Crippen LogP contribution in [0.1, 0.15) is 71.5 Å². The smallest absolute Gasteiger partial charge is 0.239 e. The number of carbonyl (C=O) groups excluding carboxylic acids is 2. The maximum atomic E-state index is 13.5. The maximum absolute atomic E-state index is 13.5. The van der Waals surface area contributed by atoms with Gasteiger partial charge in [-0.3, -0.25) is 9.59 Å². The van der Waals surface area contributed by atoms with Gasteiger partial charge in [-0.25, -0.2) is 4.98 Å². The van der Waals surface area contributed by atoms with Crippen LogP contribution >= 0.6 is 0 Å². The fraction of sp³-hybridized carbons (Fsp3) is 0.621. The van der Waals surface area contributed by atoms with Crippen LogP contribution in [0.2, 0.25) is 0 Å². The third-order valence-electron chi connectivity index (χ3n) is 10.3. The molecule has 35 heavy (non-hydrogen) atoms. The third kappa shape index (κ3) is 3.39. The van der Waals surface area contributed by atoms with Crippen molar-refractivity contribution in [3.8, 4) is 0 Å². The molecule has 1 aromatic carbocycles. The summed E-state index contributed by atoms with van der Waals surface area (Å²) in [7, 11) is 1.89. The van der Waals surface area contributed by atoms with Gasteiger partial charge in [-0.05, 0) is 80.8 Å². The number of rotatable bonds is 3. The number of nitrogens with zero attached hydrogens (tertiary/aromatic N) is 2. The zero-order chi connectivity index (χ0) is 24.5. The van der Waals surface area contributed by atoms with Gasteiger partial charge in [0, 0.05) is 18.2 Å². The van der Waals surface area contributed by atoms with E-state index >= 15 is 0 Å². The van der Waals surface area contributed by atoms with Gasteiger partial charge in [0.1, 0.15) is 11.7 Å². The van der Waals surface area contributed by atoms with Gasteiger partial charge in [0.05, 0.1) is 17.6 Å². The van der Waals surface area contributed by atoms with Gasteiger partial charge in [0.25, 0.3) is 0 Å². The average Bonchev–Trinajstić information content (AvgIpc) is 3.43. The Morgan fingerprint density at radius 1 is 1.20 bits per heavy atom. The Hall–Kier alpha value is -2.63. The molecule has 6 nitrogen and oxygen atoms in total. The molecular weight excluding hydrogens is 436 g/mol. The Kier molecular flexibility index (Phi) is 5.17. The van der Waals surface area contributed by atoms with Crippen molar-refractivity contribution in [2.24, 2.45) is 34.5 Å². The molecule has 0 radical (unpaired) electrons. The SMILES string of the molecule is CC1=C2N(C)C(=O)C(C(=O)NCc3nc4ccccc4[nH]3)C[C@]2(C)[C@@H]2CC[C@]3(C)CCC[C@H]3[C@@H]2C1.